The fourth-order valence-electron chi connectivity index (χ4n) is 1.33. The first kappa shape index (κ1) is 17.0. The van der Waals surface area contributed by atoms with E-state index < -0.39 is 25.9 Å². The van der Waals surface area contributed by atoms with Gasteiger partial charge in [0.1, 0.15) is 0 Å². The van der Waals surface area contributed by atoms with Crippen LogP contribution in [0, 0.1) is 0 Å². The molecule has 0 aromatic carbocycles. The summed E-state index contributed by atoms with van der Waals surface area (Å²) >= 11 is 0. The summed E-state index contributed by atoms with van der Waals surface area (Å²) < 4.78 is 44.4. The van der Waals surface area contributed by atoms with Crippen LogP contribution in [-0.2, 0) is 17.2 Å². The lowest BCUT2D eigenvalue weighted by Gasteiger charge is -2.36. The highest BCUT2D eigenvalue weighted by Gasteiger charge is 2.39. The van der Waals surface area contributed by atoms with Crippen molar-refractivity contribution in [3.8, 4) is 5.88 Å². The Kier molecular flexibility index (Phi) is 4.55. The summed E-state index contributed by atoms with van der Waals surface area (Å²) in [5, 5.41) is 9.17. The zero-order valence-corrected chi connectivity index (χ0v) is 13.3. The highest BCUT2D eigenvalue weighted by Crippen LogP contribution is 2.38. The maximum atomic E-state index is 12.9. The van der Waals surface area contributed by atoms with E-state index in [1.807, 2.05) is 33.9 Å². The van der Waals surface area contributed by atoms with Crippen molar-refractivity contribution < 1.29 is 22.7 Å². The minimum atomic E-state index is -4.51. The molecule has 0 aliphatic carbocycles. The van der Waals surface area contributed by atoms with E-state index in [1.165, 1.54) is 0 Å². The Balaban J connectivity index is 3.02. The van der Waals surface area contributed by atoms with Crippen LogP contribution in [0.1, 0.15) is 31.9 Å². The summed E-state index contributed by atoms with van der Waals surface area (Å²) in [5.74, 6) is -0.438. The van der Waals surface area contributed by atoms with Crippen LogP contribution in [-0.4, -0.2) is 18.4 Å². The number of pyridine rings is 1. The molecule has 0 saturated carbocycles. The van der Waals surface area contributed by atoms with E-state index in [0.717, 1.165) is 6.07 Å². The van der Waals surface area contributed by atoms with Gasteiger partial charge in [-0.05, 0) is 23.7 Å². The first-order valence-corrected chi connectivity index (χ1v) is 9.14. The number of alkyl halides is 3. The number of rotatable bonds is 3. The predicted octanol–water partition coefficient (Wildman–Crippen LogP) is 4.33. The minimum absolute atomic E-state index is 0.0881. The molecular formula is C13H20F3NO2Si. The van der Waals surface area contributed by atoms with Gasteiger partial charge in [0.05, 0.1) is 12.2 Å². The first-order valence-electron chi connectivity index (χ1n) is 6.23. The molecule has 1 heterocycles. The lowest BCUT2D eigenvalue weighted by molar-refractivity contribution is -0.138. The van der Waals surface area contributed by atoms with Crippen LogP contribution in [0.3, 0.4) is 0 Å². The molecule has 20 heavy (non-hydrogen) atoms. The zero-order valence-electron chi connectivity index (χ0n) is 12.3. The second kappa shape index (κ2) is 5.36. The maximum absolute atomic E-state index is 12.9. The summed E-state index contributed by atoms with van der Waals surface area (Å²) in [6, 6.07) is 1.01. The van der Waals surface area contributed by atoms with E-state index in [9.17, 15) is 18.3 Å². The fourth-order valence-corrected chi connectivity index (χ4v) is 2.28. The third kappa shape index (κ3) is 3.96. The number of nitrogens with zero attached hydrogens (tertiary/aromatic N) is 1. The molecule has 0 amide bonds. The molecule has 1 aromatic heterocycles. The van der Waals surface area contributed by atoms with E-state index in [0.29, 0.717) is 6.20 Å². The Labute approximate surface area is 117 Å². The van der Waals surface area contributed by atoms with Gasteiger partial charge in [0.25, 0.3) is 0 Å². The highest BCUT2D eigenvalue weighted by molar-refractivity contribution is 6.74. The molecule has 0 saturated heterocycles. The van der Waals surface area contributed by atoms with Crippen LogP contribution >= 0.6 is 0 Å². The smallest absolute Gasteiger partial charge is 0.418 e. The van der Waals surface area contributed by atoms with Gasteiger partial charge >= 0.3 is 6.18 Å². The molecule has 0 unspecified atom stereocenters. The second-order valence-electron chi connectivity index (χ2n) is 6.25. The summed E-state index contributed by atoms with van der Waals surface area (Å²) in [4.78, 5) is 3.29. The number of aromatic hydroxyl groups is 1. The summed E-state index contributed by atoms with van der Waals surface area (Å²) in [7, 11) is -2.16. The normalized spacial score (nSPS) is 13.6. The quantitative estimate of drug-likeness (QED) is 0.845. The van der Waals surface area contributed by atoms with Crippen LogP contribution in [0.15, 0.2) is 12.3 Å². The lowest BCUT2D eigenvalue weighted by Crippen LogP contribution is -2.40. The monoisotopic (exact) mass is 307 g/mol. The fraction of sp³-hybridized carbons (Fsp3) is 0.615. The number of aromatic nitrogens is 1. The van der Waals surface area contributed by atoms with Gasteiger partial charge in [0.15, 0.2) is 8.32 Å². The van der Waals surface area contributed by atoms with Gasteiger partial charge < -0.3 is 9.53 Å². The van der Waals surface area contributed by atoms with Crippen LogP contribution in [0.5, 0.6) is 5.88 Å². The number of hydrogen-bond acceptors (Lipinski definition) is 3. The average molecular weight is 307 g/mol. The van der Waals surface area contributed by atoms with E-state index in [2.05, 4.69) is 4.98 Å². The second-order valence-corrected chi connectivity index (χ2v) is 11.1. The molecule has 0 aliphatic heterocycles. The average Bonchev–Trinajstić information content (AvgIpc) is 2.23. The Bertz CT molecular complexity index is 481. The molecule has 0 spiro atoms. The number of halogens is 3. The van der Waals surface area contributed by atoms with Gasteiger partial charge in [-0.3, -0.25) is 0 Å². The molecule has 1 N–H and O–H groups in total. The third-order valence-corrected chi connectivity index (χ3v) is 8.15. The van der Waals surface area contributed by atoms with Gasteiger partial charge in [0, 0.05) is 12.3 Å². The molecule has 1 rings (SSSR count). The first-order chi connectivity index (χ1) is 8.84. The van der Waals surface area contributed by atoms with Crippen LogP contribution in [0.4, 0.5) is 13.2 Å². The third-order valence-electron chi connectivity index (χ3n) is 3.68. The summed E-state index contributed by atoms with van der Waals surface area (Å²) in [6.07, 6.45) is -3.87. The van der Waals surface area contributed by atoms with E-state index >= 15 is 0 Å². The van der Waals surface area contributed by atoms with E-state index in [-0.39, 0.29) is 17.2 Å². The van der Waals surface area contributed by atoms with Crippen molar-refractivity contribution >= 4 is 8.32 Å². The maximum Gasteiger partial charge on any atom is 0.418 e. The predicted molar refractivity (Wildman–Crippen MR) is 72.9 cm³/mol. The van der Waals surface area contributed by atoms with Crippen LogP contribution < -0.4 is 0 Å². The minimum Gasteiger partial charge on any atom is -0.493 e. The molecule has 7 heteroatoms. The Morgan fingerprint density at radius 1 is 1.25 bits per heavy atom. The molecule has 114 valence electrons. The highest BCUT2D eigenvalue weighted by atomic mass is 28.4. The van der Waals surface area contributed by atoms with Crippen molar-refractivity contribution in [3.63, 3.8) is 0 Å². The SMILES string of the molecule is CC(C)(C)[Si](C)(C)OCc1cc(O)ncc1C(F)(F)F. The molecule has 0 atom stereocenters. The van der Waals surface area contributed by atoms with Crippen LogP contribution in [0.2, 0.25) is 18.1 Å². The summed E-state index contributed by atoms with van der Waals surface area (Å²) in [6.45, 7) is 9.76. The van der Waals surface area contributed by atoms with Crippen molar-refractivity contribution in [2.24, 2.45) is 0 Å². The largest absolute Gasteiger partial charge is 0.493 e. The molecule has 1 aromatic rings. The molecule has 0 bridgehead atoms. The van der Waals surface area contributed by atoms with E-state index in [1.54, 1.807) is 0 Å². The molecule has 0 radical (unpaired) electrons. The van der Waals surface area contributed by atoms with Crippen molar-refractivity contribution in [3.05, 3.63) is 23.4 Å². The Morgan fingerprint density at radius 3 is 2.25 bits per heavy atom. The van der Waals surface area contributed by atoms with Gasteiger partial charge in [-0.25, -0.2) is 4.98 Å². The molecular weight excluding hydrogens is 287 g/mol. The van der Waals surface area contributed by atoms with Gasteiger partial charge in [-0.2, -0.15) is 13.2 Å². The Morgan fingerprint density at radius 2 is 1.80 bits per heavy atom. The van der Waals surface area contributed by atoms with Crippen molar-refractivity contribution in [1.82, 2.24) is 4.98 Å². The van der Waals surface area contributed by atoms with Crippen molar-refractivity contribution in [2.45, 2.75) is 51.7 Å². The van der Waals surface area contributed by atoms with Gasteiger partial charge in [-0.1, -0.05) is 20.8 Å². The van der Waals surface area contributed by atoms with Gasteiger partial charge in [-0.15, -0.1) is 0 Å². The van der Waals surface area contributed by atoms with Crippen molar-refractivity contribution in [1.29, 1.82) is 0 Å². The number of hydrogen-bond donors (Lipinski definition) is 1. The Hall–Kier alpha value is -1.08. The molecule has 0 fully saturated rings. The van der Waals surface area contributed by atoms with Crippen molar-refractivity contribution in [2.75, 3.05) is 0 Å². The molecule has 3 nitrogen and oxygen atoms in total. The lowest BCUT2D eigenvalue weighted by atomic mass is 10.1. The molecule has 0 aliphatic rings. The van der Waals surface area contributed by atoms with Gasteiger partial charge in [0.2, 0.25) is 5.88 Å². The standard InChI is InChI=1S/C13H20F3NO2Si/c1-12(2,3)20(4,5)19-8-9-6-11(18)17-7-10(9)13(14,15)16/h6-7H,8H2,1-5H3,(H,17,18). The zero-order chi connectivity index (χ0) is 15.8. The topological polar surface area (TPSA) is 42.4 Å². The van der Waals surface area contributed by atoms with E-state index in [4.69, 9.17) is 4.43 Å². The summed E-state index contributed by atoms with van der Waals surface area (Å²) in [5.41, 5.74) is -0.955. The van der Waals surface area contributed by atoms with Crippen LogP contribution in [0.25, 0.3) is 0 Å².